The molecule has 0 radical (unpaired) electrons. The third-order valence-corrected chi connectivity index (χ3v) is 6.16. The summed E-state index contributed by atoms with van der Waals surface area (Å²) in [5.41, 5.74) is 0.871. The Morgan fingerprint density at radius 3 is 2.72 bits per heavy atom. The fraction of sp³-hybridized carbons (Fsp3) is 0.348. The molecule has 2 aromatic carbocycles. The maximum atomic E-state index is 12.8. The average Bonchev–Trinajstić information content (AvgIpc) is 2.77. The van der Waals surface area contributed by atoms with Gasteiger partial charge in [0.1, 0.15) is 17.4 Å². The first-order valence-corrected chi connectivity index (χ1v) is 11.0. The van der Waals surface area contributed by atoms with Crippen LogP contribution in [0.4, 0.5) is 0 Å². The van der Waals surface area contributed by atoms with Crippen molar-refractivity contribution >= 4 is 28.6 Å². The highest BCUT2D eigenvalue weighted by molar-refractivity contribution is 8.00. The highest BCUT2D eigenvalue weighted by Gasteiger charge is 2.23. The molecule has 29 heavy (non-hydrogen) atoms. The summed E-state index contributed by atoms with van der Waals surface area (Å²) >= 11 is 1.49. The van der Waals surface area contributed by atoms with Crippen LogP contribution in [0.1, 0.15) is 32.0 Å². The van der Waals surface area contributed by atoms with E-state index < -0.39 is 0 Å². The Morgan fingerprint density at radius 2 is 1.90 bits per heavy atom. The summed E-state index contributed by atoms with van der Waals surface area (Å²) in [6.45, 7) is 3.29. The number of ether oxygens (including phenoxy) is 1. The summed E-state index contributed by atoms with van der Waals surface area (Å²) in [6, 6.07) is 17.9. The highest BCUT2D eigenvalue weighted by atomic mass is 32.2. The molecule has 5 nitrogen and oxygen atoms in total. The predicted octanol–water partition coefficient (Wildman–Crippen LogP) is 4.70. The molecular weight excluding hydrogens is 382 g/mol. The summed E-state index contributed by atoms with van der Waals surface area (Å²) in [6.07, 6.45) is 3.39. The van der Waals surface area contributed by atoms with Crippen molar-refractivity contribution in [2.75, 3.05) is 12.3 Å². The summed E-state index contributed by atoms with van der Waals surface area (Å²) in [4.78, 5) is 24.1. The molecule has 0 aliphatic carbocycles. The van der Waals surface area contributed by atoms with E-state index in [-0.39, 0.29) is 5.91 Å². The highest BCUT2D eigenvalue weighted by Crippen LogP contribution is 2.27. The number of fused-ring (bicyclic) bond motifs is 1. The lowest BCUT2D eigenvalue weighted by Crippen LogP contribution is -2.42. The molecule has 2 heterocycles. The normalized spacial score (nSPS) is 16.7. The van der Waals surface area contributed by atoms with Crippen molar-refractivity contribution < 1.29 is 9.53 Å². The van der Waals surface area contributed by atoms with Crippen molar-refractivity contribution in [3.05, 3.63) is 60.4 Å². The zero-order valence-corrected chi connectivity index (χ0v) is 17.4. The lowest BCUT2D eigenvalue weighted by Gasteiger charge is -2.33. The van der Waals surface area contributed by atoms with Gasteiger partial charge in [-0.25, -0.2) is 9.97 Å². The van der Waals surface area contributed by atoms with Crippen LogP contribution in [0.3, 0.4) is 0 Å². The first-order valence-electron chi connectivity index (χ1n) is 10.1. The summed E-state index contributed by atoms with van der Waals surface area (Å²) in [5, 5.41) is 1.81. The number of benzene rings is 2. The second-order valence-electron chi connectivity index (χ2n) is 7.28. The number of aromatic nitrogens is 2. The molecule has 4 rings (SSSR count). The van der Waals surface area contributed by atoms with Crippen LogP contribution in [0.25, 0.3) is 10.9 Å². The number of carbonyl (C=O) groups is 1. The summed E-state index contributed by atoms with van der Waals surface area (Å²) in [5.74, 6) is 1.98. The van der Waals surface area contributed by atoms with Gasteiger partial charge >= 0.3 is 0 Å². The van der Waals surface area contributed by atoms with Gasteiger partial charge in [-0.05, 0) is 44.4 Å². The van der Waals surface area contributed by atoms with Crippen molar-refractivity contribution in [2.45, 2.75) is 43.9 Å². The maximum absolute atomic E-state index is 12.8. The van der Waals surface area contributed by atoms with E-state index >= 15 is 0 Å². The molecule has 1 amide bonds. The number of likely N-dealkylation sites (tertiary alicyclic amines) is 1. The van der Waals surface area contributed by atoms with Crippen molar-refractivity contribution in [1.29, 1.82) is 0 Å². The zero-order chi connectivity index (χ0) is 20.1. The molecule has 1 fully saturated rings. The average molecular weight is 408 g/mol. The monoisotopic (exact) mass is 407 g/mol. The Balaban J connectivity index is 1.50. The molecule has 1 aliphatic heterocycles. The summed E-state index contributed by atoms with van der Waals surface area (Å²) in [7, 11) is 0. The molecule has 0 spiro atoms. The quantitative estimate of drug-likeness (QED) is 0.438. The number of amides is 1. The molecule has 1 atom stereocenters. The Hall–Kier alpha value is -2.60. The fourth-order valence-electron chi connectivity index (χ4n) is 3.61. The first-order chi connectivity index (χ1) is 14.2. The van der Waals surface area contributed by atoms with Crippen LogP contribution >= 0.6 is 11.8 Å². The largest absolute Gasteiger partial charge is 0.486 e. The van der Waals surface area contributed by atoms with Crippen molar-refractivity contribution in [3.63, 3.8) is 0 Å². The standard InChI is InChI=1S/C23H25N3O2S/c1-17-9-7-8-14-26(17)22(27)16-29-23-19-12-5-6-13-20(19)24-21(25-23)15-28-18-10-3-2-4-11-18/h2-6,10-13,17H,7-9,14-16H2,1H3/t17-/m0/s1. The molecule has 1 aromatic heterocycles. The van der Waals surface area contributed by atoms with E-state index in [4.69, 9.17) is 9.72 Å². The minimum Gasteiger partial charge on any atom is -0.486 e. The molecule has 0 unspecified atom stereocenters. The van der Waals surface area contributed by atoms with E-state index in [0.717, 1.165) is 41.1 Å². The number of carbonyl (C=O) groups excluding carboxylic acids is 1. The van der Waals surface area contributed by atoms with Gasteiger partial charge < -0.3 is 9.64 Å². The van der Waals surface area contributed by atoms with E-state index in [1.807, 2.05) is 59.5 Å². The molecular formula is C23H25N3O2S. The number of hydrogen-bond acceptors (Lipinski definition) is 5. The van der Waals surface area contributed by atoms with Gasteiger partial charge in [-0.3, -0.25) is 4.79 Å². The number of piperidine rings is 1. The predicted molar refractivity (Wildman–Crippen MR) is 116 cm³/mol. The number of para-hydroxylation sites is 2. The van der Waals surface area contributed by atoms with Crippen molar-refractivity contribution in [2.24, 2.45) is 0 Å². The third kappa shape index (κ3) is 4.88. The van der Waals surface area contributed by atoms with Crippen LogP contribution < -0.4 is 4.74 Å². The van der Waals surface area contributed by atoms with Crippen LogP contribution in [0.2, 0.25) is 0 Å². The zero-order valence-electron chi connectivity index (χ0n) is 16.6. The molecule has 6 heteroatoms. The van der Waals surface area contributed by atoms with E-state index in [0.29, 0.717) is 24.2 Å². The second kappa shape index (κ2) is 9.27. The Bertz CT molecular complexity index is 980. The topological polar surface area (TPSA) is 55.3 Å². The fourth-order valence-corrected chi connectivity index (χ4v) is 4.54. The molecule has 3 aromatic rings. The lowest BCUT2D eigenvalue weighted by atomic mass is 10.0. The van der Waals surface area contributed by atoms with E-state index in [2.05, 4.69) is 11.9 Å². The molecule has 0 N–H and O–H groups in total. The lowest BCUT2D eigenvalue weighted by molar-refractivity contribution is -0.131. The van der Waals surface area contributed by atoms with Gasteiger partial charge in [0.05, 0.1) is 11.3 Å². The third-order valence-electron chi connectivity index (χ3n) is 5.18. The van der Waals surface area contributed by atoms with E-state index in [1.165, 1.54) is 18.2 Å². The Morgan fingerprint density at radius 1 is 1.10 bits per heavy atom. The maximum Gasteiger partial charge on any atom is 0.233 e. The smallest absolute Gasteiger partial charge is 0.233 e. The molecule has 0 saturated carbocycles. The van der Waals surface area contributed by atoms with E-state index in [1.54, 1.807) is 0 Å². The van der Waals surface area contributed by atoms with Gasteiger partial charge in [0, 0.05) is 18.0 Å². The number of thioether (sulfide) groups is 1. The Kier molecular flexibility index (Phi) is 6.30. The summed E-state index contributed by atoms with van der Waals surface area (Å²) < 4.78 is 5.82. The SMILES string of the molecule is C[C@H]1CCCCN1C(=O)CSc1nc(COc2ccccc2)nc2ccccc12. The minimum atomic E-state index is 0.187. The van der Waals surface area contributed by atoms with Crippen LogP contribution in [0.5, 0.6) is 5.75 Å². The number of nitrogens with zero attached hydrogens (tertiary/aromatic N) is 3. The van der Waals surface area contributed by atoms with Crippen molar-refractivity contribution in [1.82, 2.24) is 14.9 Å². The van der Waals surface area contributed by atoms with Crippen LogP contribution in [-0.2, 0) is 11.4 Å². The molecule has 1 saturated heterocycles. The van der Waals surface area contributed by atoms with Gasteiger partial charge in [0.2, 0.25) is 5.91 Å². The van der Waals surface area contributed by atoms with Gasteiger partial charge in [0.15, 0.2) is 5.82 Å². The van der Waals surface area contributed by atoms with Gasteiger partial charge in [-0.2, -0.15) is 0 Å². The van der Waals surface area contributed by atoms with Crippen LogP contribution in [-0.4, -0.2) is 39.1 Å². The van der Waals surface area contributed by atoms with Gasteiger partial charge in [-0.1, -0.05) is 48.2 Å². The first kappa shape index (κ1) is 19.7. The number of hydrogen-bond donors (Lipinski definition) is 0. The van der Waals surface area contributed by atoms with Crippen LogP contribution in [0, 0.1) is 0 Å². The van der Waals surface area contributed by atoms with Crippen LogP contribution in [0.15, 0.2) is 59.6 Å². The second-order valence-corrected chi connectivity index (χ2v) is 8.25. The minimum absolute atomic E-state index is 0.187. The number of rotatable bonds is 6. The molecule has 1 aliphatic rings. The van der Waals surface area contributed by atoms with E-state index in [9.17, 15) is 4.79 Å². The molecule has 0 bridgehead atoms. The van der Waals surface area contributed by atoms with Gasteiger partial charge in [-0.15, -0.1) is 0 Å². The van der Waals surface area contributed by atoms with Crippen molar-refractivity contribution in [3.8, 4) is 5.75 Å². The Labute approximate surface area is 175 Å². The molecule has 150 valence electrons. The van der Waals surface area contributed by atoms with Gasteiger partial charge in [0.25, 0.3) is 0 Å².